The number of hydrogen-bond donors (Lipinski definition) is 3. The molecule has 0 rings (SSSR count). The van der Waals surface area contributed by atoms with Crippen LogP contribution in [0.2, 0.25) is 0 Å². The zero-order chi connectivity index (χ0) is 8.69. The molecule has 0 fully saturated rings. The molecule has 5 heteroatoms. The molecule has 0 heterocycles. The molecule has 0 aromatic heterocycles. The molecular formula is C6H10N4O. The van der Waals surface area contributed by atoms with Gasteiger partial charge in [-0.2, -0.15) is 5.26 Å². The van der Waals surface area contributed by atoms with Crippen molar-refractivity contribution < 1.29 is 4.79 Å². The van der Waals surface area contributed by atoms with Crippen LogP contribution in [0.5, 0.6) is 0 Å². The fourth-order valence-corrected chi connectivity index (χ4v) is 0.336. The van der Waals surface area contributed by atoms with Crippen molar-refractivity contribution in [1.29, 1.82) is 5.26 Å². The molecule has 0 aliphatic heterocycles. The molecule has 0 aliphatic rings. The number of nitrogens with two attached hydrogens (primary N) is 1. The third-order valence-electron chi connectivity index (χ3n) is 0.887. The van der Waals surface area contributed by atoms with Gasteiger partial charge in [0.15, 0.2) is 0 Å². The molecule has 0 radical (unpaired) electrons. The number of rotatable bonds is 3. The fraction of sp³-hybridized carbons (Fsp3) is 0.333. The third kappa shape index (κ3) is 4.78. The van der Waals surface area contributed by atoms with E-state index in [1.165, 1.54) is 0 Å². The standard InChI is InChI=1S/C6H10N4O/c1-2-6(11)10-9-5(8)3-4-7/h3,9H,2,8H2,1H3,(H,10,11)/b5-3-. The highest BCUT2D eigenvalue weighted by Gasteiger charge is 1.93. The predicted molar refractivity (Wildman–Crippen MR) is 39.5 cm³/mol. The summed E-state index contributed by atoms with van der Waals surface area (Å²) in [5, 5.41) is 8.10. The van der Waals surface area contributed by atoms with Crippen LogP contribution >= 0.6 is 0 Å². The normalized spacial score (nSPS) is 10.0. The Bertz CT molecular complexity index is 203. The molecule has 0 aromatic rings. The summed E-state index contributed by atoms with van der Waals surface area (Å²) in [4.78, 5) is 10.6. The number of nitrogens with zero attached hydrogens (tertiary/aromatic N) is 1. The third-order valence-corrected chi connectivity index (χ3v) is 0.887. The summed E-state index contributed by atoms with van der Waals surface area (Å²) in [5.74, 6) is -0.0615. The SMILES string of the molecule is CCC(=O)NN/C(N)=C\C#N. The minimum atomic E-state index is -0.181. The van der Waals surface area contributed by atoms with Crippen LogP contribution in [0.15, 0.2) is 11.9 Å². The van der Waals surface area contributed by atoms with Gasteiger partial charge in [-0.15, -0.1) is 0 Å². The Morgan fingerprint density at radius 3 is 2.82 bits per heavy atom. The Morgan fingerprint density at radius 2 is 2.36 bits per heavy atom. The average molecular weight is 154 g/mol. The van der Waals surface area contributed by atoms with Crippen LogP contribution in [0.4, 0.5) is 0 Å². The maximum absolute atomic E-state index is 10.6. The maximum Gasteiger partial charge on any atom is 0.238 e. The van der Waals surface area contributed by atoms with E-state index in [4.69, 9.17) is 11.0 Å². The highest BCUT2D eigenvalue weighted by molar-refractivity contribution is 5.75. The Balaban J connectivity index is 3.64. The van der Waals surface area contributed by atoms with E-state index in [1.807, 2.05) is 0 Å². The van der Waals surface area contributed by atoms with Crippen LogP contribution in [0.3, 0.4) is 0 Å². The fourth-order valence-electron chi connectivity index (χ4n) is 0.336. The molecule has 60 valence electrons. The summed E-state index contributed by atoms with van der Waals surface area (Å²) in [7, 11) is 0. The smallest absolute Gasteiger partial charge is 0.238 e. The Labute approximate surface area is 64.8 Å². The minimum absolute atomic E-state index is 0.120. The quantitative estimate of drug-likeness (QED) is 0.372. The van der Waals surface area contributed by atoms with Gasteiger partial charge in [0, 0.05) is 6.42 Å². The number of nitrogens with one attached hydrogen (secondary N) is 2. The summed E-state index contributed by atoms with van der Waals surface area (Å²) in [6.07, 6.45) is 1.46. The Morgan fingerprint density at radius 1 is 1.73 bits per heavy atom. The first kappa shape index (κ1) is 9.30. The summed E-state index contributed by atoms with van der Waals surface area (Å²) in [5.41, 5.74) is 9.83. The first-order chi connectivity index (χ1) is 5.20. The summed E-state index contributed by atoms with van der Waals surface area (Å²) >= 11 is 0. The number of allylic oxidation sites excluding steroid dienone is 1. The van der Waals surface area contributed by atoms with Gasteiger partial charge in [-0.05, 0) is 0 Å². The van der Waals surface area contributed by atoms with E-state index in [0.29, 0.717) is 6.42 Å². The Hall–Kier alpha value is -1.70. The summed E-state index contributed by atoms with van der Waals surface area (Å²) in [6, 6.07) is 1.71. The minimum Gasteiger partial charge on any atom is -0.384 e. The van der Waals surface area contributed by atoms with Crippen molar-refractivity contribution >= 4 is 5.91 Å². The van der Waals surface area contributed by atoms with Crippen molar-refractivity contribution in [3.63, 3.8) is 0 Å². The zero-order valence-electron chi connectivity index (χ0n) is 6.22. The number of amides is 1. The molecule has 1 amide bonds. The molecule has 0 aliphatic carbocycles. The van der Waals surface area contributed by atoms with Crippen molar-refractivity contribution in [2.75, 3.05) is 0 Å². The van der Waals surface area contributed by atoms with Gasteiger partial charge in [-0.1, -0.05) is 6.92 Å². The number of carbonyl (C=O) groups is 1. The van der Waals surface area contributed by atoms with Crippen LogP contribution in [-0.2, 0) is 4.79 Å². The van der Waals surface area contributed by atoms with Gasteiger partial charge in [-0.3, -0.25) is 15.6 Å². The zero-order valence-corrected chi connectivity index (χ0v) is 6.22. The van der Waals surface area contributed by atoms with Crippen LogP contribution < -0.4 is 16.6 Å². The van der Waals surface area contributed by atoms with E-state index >= 15 is 0 Å². The lowest BCUT2D eigenvalue weighted by Crippen LogP contribution is -2.38. The van der Waals surface area contributed by atoms with E-state index in [0.717, 1.165) is 6.08 Å². The van der Waals surface area contributed by atoms with Crippen LogP contribution in [-0.4, -0.2) is 5.91 Å². The predicted octanol–water partition coefficient (Wildman–Crippen LogP) is -0.659. The first-order valence-corrected chi connectivity index (χ1v) is 3.10. The molecule has 0 spiro atoms. The van der Waals surface area contributed by atoms with Crippen molar-refractivity contribution in [2.24, 2.45) is 5.73 Å². The van der Waals surface area contributed by atoms with E-state index in [9.17, 15) is 4.79 Å². The molecule has 0 aromatic carbocycles. The monoisotopic (exact) mass is 154 g/mol. The van der Waals surface area contributed by atoms with Crippen molar-refractivity contribution in [2.45, 2.75) is 13.3 Å². The van der Waals surface area contributed by atoms with Crippen LogP contribution in [0, 0.1) is 11.3 Å². The van der Waals surface area contributed by atoms with E-state index < -0.39 is 0 Å². The van der Waals surface area contributed by atoms with Crippen LogP contribution in [0.1, 0.15) is 13.3 Å². The van der Waals surface area contributed by atoms with Gasteiger partial charge in [0.25, 0.3) is 0 Å². The van der Waals surface area contributed by atoms with Gasteiger partial charge in [-0.25, -0.2) is 0 Å². The summed E-state index contributed by atoms with van der Waals surface area (Å²) < 4.78 is 0. The van der Waals surface area contributed by atoms with Gasteiger partial charge in [0.1, 0.15) is 5.82 Å². The lowest BCUT2D eigenvalue weighted by molar-refractivity contribution is -0.121. The highest BCUT2D eigenvalue weighted by atomic mass is 16.2. The molecular weight excluding hydrogens is 144 g/mol. The second-order valence-electron chi connectivity index (χ2n) is 1.76. The lowest BCUT2D eigenvalue weighted by atomic mass is 10.5. The molecule has 4 N–H and O–H groups in total. The van der Waals surface area contributed by atoms with E-state index in [1.54, 1.807) is 13.0 Å². The molecule has 0 bridgehead atoms. The number of hydrogen-bond acceptors (Lipinski definition) is 4. The molecule has 0 atom stereocenters. The molecule has 5 nitrogen and oxygen atoms in total. The molecule has 0 saturated heterocycles. The largest absolute Gasteiger partial charge is 0.384 e. The van der Waals surface area contributed by atoms with E-state index in [-0.39, 0.29) is 11.7 Å². The van der Waals surface area contributed by atoms with Gasteiger partial charge in [0.05, 0.1) is 12.1 Å². The van der Waals surface area contributed by atoms with Crippen molar-refractivity contribution in [1.82, 2.24) is 10.9 Å². The van der Waals surface area contributed by atoms with Crippen molar-refractivity contribution in [3.05, 3.63) is 11.9 Å². The number of carbonyl (C=O) groups excluding carboxylic acids is 1. The second kappa shape index (κ2) is 5.11. The summed E-state index contributed by atoms with van der Waals surface area (Å²) in [6.45, 7) is 1.71. The van der Waals surface area contributed by atoms with E-state index in [2.05, 4.69) is 10.9 Å². The van der Waals surface area contributed by atoms with Gasteiger partial charge >= 0.3 is 0 Å². The highest BCUT2D eigenvalue weighted by Crippen LogP contribution is 1.74. The van der Waals surface area contributed by atoms with Crippen LogP contribution in [0.25, 0.3) is 0 Å². The van der Waals surface area contributed by atoms with Crippen molar-refractivity contribution in [3.8, 4) is 6.07 Å². The molecule has 0 saturated carbocycles. The number of nitriles is 1. The topological polar surface area (TPSA) is 90.9 Å². The maximum atomic E-state index is 10.6. The van der Waals surface area contributed by atoms with Gasteiger partial charge in [0.2, 0.25) is 5.91 Å². The second-order valence-corrected chi connectivity index (χ2v) is 1.76. The molecule has 0 unspecified atom stereocenters. The lowest BCUT2D eigenvalue weighted by Gasteiger charge is -2.04. The average Bonchev–Trinajstić information content (AvgIpc) is 2.01. The number of hydrazine groups is 1. The Kier molecular flexibility index (Phi) is 4.32. The first-order valence-electron chi connectivity index (χ1n) is 3.10. The van der Waals surface area contributed by atoms with Gasteiger partial charge < -0.3 is 5.73 Å². The molecule has 11 heavy (non-hydrogen) atoms.